The molecule has 0 aromatic heterocycles. The van der Waals surface area contributed by atoms with E-state index in [-0.39, 0.29) is 24.4 Å². The number of nitrogens with one attached hydrogen (secondary N) is 2. The molecule has 5 heteroatoms. The number of carbonyl (C=O) groups excluding carboxylic acids is 2. The molecule has 0 spiro atoms. The number of hydrazine groups is 1. The maximum atomic E-state index is 11.8. The molecule has 0 saturated heterocycles. The van der Waals surface area contributed by atoms with Crippen molar-refractivity contribution in [1.29, 1.82) is 0 Å². The van der Waals surface area contributed by atoms with Crippen molar-refractivity contribution >= 4 is 11.8 Å². The van der Waals surface area contributed by atoms with Crippen molar-refractivity contribution in [1.82, 2.24) is 10.9 Å². The number of rotatable bonds is 5. The molecule has 114 valence electrons. The molecule has 0 radical (unpaired) electrons. The predicted octanol–water partition coefficient (Wildman–Crippen LogP) is 0.507. The van der Waals surface area contributed by atoms with E-state index in [1.807, 2.05) is 66.0 Å². The van der Waals surface area contributed by atoms with Gasteiger partial charge in [-0.15, -0.1) is 0 Å². The molecule has 0 unspecified atom stereocenters. The highest BCUT2D eigenvalue weighted by atomic mass is 16.2. The summed E-state index contributed by atoms with van der Waals surface area (Å²) in [4.78, 5) is 22.6. The average Bonchev–Trinajstić information content (AvgIpc) is 2.55. The first kappa shape index (κ1) is 15.7. The minimum atomic E-state index is -0.295. The Morgan fingerprint density at radius 2 is 1.41 bits per heavy atom. The molecule has 0 aliphatic carbocycles. The summed E-state index contributed by atoms with van der Waals surface area (Å²) < 4.78 is 0. The minimum Gasteiger partial charge on any atom is -0.328 e. The zero-order valence-corrected chi connectivity index (χ0v) is 12.5. The van der Waals surface area contributed by atoms with Crippen LogP contribution in [0.1, 0.15) is 24.1 Å². The largest absolute Gasteiger partial charge is 0.328 e. The van der Waals surface area contributed by atoms with E-state index in [0.717, 1.165) is 11.1 Å². The molecule has 0 heterocycles. The Morgan fingerprint density at radius 1 is 0.909 bits per heavy atom. The fourth-order valence-electron chi connectivity index (χ4n) is 2.22. The van der Waals surface area contributed by atoms with Gasteiger partial charge in [0.25, 0.3) is 5.91 Å². The van der Waals surface area contributed by atoms with Gasteiger partial charge in [-0.25, -0.2) is 0 Å². The SMILES string of the molecule is CC(=O)NNC(=O)C[NH2+]C(c1ccccc1)c1ccccc1. The number of carbonyl (C=O) groups is 2. The molecule has 4 N–H and O–H groups in total. The maximum Gasteiger partial charge on any atom is 0.293 e. The topological polar surface area (TPSA) is 74.8 Å². The van der Waals surface area contributed by atoms with Crippen molar-refractivity contribution in [3.05, 3.63) is 71.8 Å². The van der Waals surface area contributed by atoms with Gasteiger partial charge in [-0.2, -0.15) is 0 Å². The number of hydrogen-bond donors (Lipinski definition) is 3. The van der Waals surface area contributed by atoms with Crippen LogP contribution in [0.4, 0.5) is 0 Å². The van der Waals surface area contributed by atoms with Crippen LogP contribution in [0.5, 0.6) is 0 Å². The summed E-state index contributed by atoms with van der Waals surface area (Å²) in [7, 11) is 0. The van der Waals surface area contributed by atoms with Crippen LogP contribution in [0.15, 0.2) is 60.7 Å². The molecule has 0 aliphatic rings. The summed E-state index contributed by atoms with van der Waals surface area (Å²) in [5.74, 6) is -0.539. The molecule has 2 rings (SSSR count). The standard InChI is InChI=1S/C17H19N3O2/c1-13(21)19-20-16(22)12-18-17(14-8-4-2-5-9-14)15-10-6-3-7-11-15/h2-11,17-18H,12H2,1H3,(H,19,21)(H,20,22)/p+1. The lowest BCUT2D eigenvalue weighted by Crippen LogP contribution is -2.88. The highest BCUT2D eigenvalue weighted by Gasteiger charge is 2.18. The van der Waals surface area contributed by atoms with Crippen LogP contribution in [-0.4, -0.2) is 18.4 Å². The molecular weight excluding hydrogens is 278 g/mol. The van der Waals surface area contributed by atoms with Crippen LogP contribution in [0.3, 0.4) is 0 Å². The van der Waals surface area contributed by atoms with Crippen LogP contribution in [-0.2, 0) is 9.59 Å². The minimum absolute atomic E-state index is 0.0329. The smallest absolute Gasteiger partial charge is 0.293 e. The van der Waals surface area contributed by atoms with Crippen molar-refractivity contribution in [2.75, 3.05) is 6.54 Å². The second-order valence-corrected chi connectivity index (χ2v) is 4.97. The average molecular weight is 298 g/mol. The fourth-order valence-corrected chi connectivity index (χ4v) is 2.22. The molecule has 0 atom stereocenters. The van der Waals surface area contributed by atoms with E-state index in [4.69, 9.17) is 0 Å². The third-order valence-corrected chi connectivity index (χ3v) is 3.23. The van der Waals surface area contributed by atoms with Gasteiger partial charge in [0.15, 0.2) is 6.54 Å². The van der Waals surface area contributed by atoms with Gasteiger partial charge in [-0.05, 0) is 0 Å². The summed E-state index contributed by atoms with van der Waals surface area (Å²) in [5, 5.41) is 1.95. The molecule has 0 aliphatic heterocycles. The summed E-state index contributed by atoms with van der Waals surface area (Å²) in [6, 6.07) is 20.1. The summed E-state index contributed by atoms with van der Waals surface area (Å²) in [5.41, 5.74) is 6.91. The normalized spacial score (nSPS) is 10.3. The van der Waals surface area contributed by atoms with Crippen molar-refractivity contribution in [2.24, 2.45) is 0 Å². The lowest BCUT2D eigenvalue weighted by atomic mass is 9.99. The number of quaternary nitrogens is 1. The van der Waals surface area contributed by atoms with Crippen molar-refractivity contribution in [3.63, 3.8) is 0 Å². The van der Waals surface area contributed by atoms with E-state index >= 15 is 0 Å². The lowest BCUT2D eigenvalue weighted by molar-refractivity contribution is -0.676. The molecule has 2 amide bonds. The van der Waals surface area contributed by atoms with Crippen LogP contribution in [0.2, 0.25) is 0 Å². The Balaban J connectivity index is 2.06. The molecular formula is C17H20N3O2+. The first-order chi connectivity index (χ1) is 10.7. The number of benzene rings is 2. The molecule has 2 aromatic carbocycles. The van der Waals surface area contributed by atoms with Crippen LogP contribution >= 0.6 is 0 Å². The van der Waals surface area contributed by atoms with Crippen LogP contribution in [0, 0.1) is 0 Å². The van der Waals surface area contributed by atoms with E-state index in [0.29, 0.717) is 0 Å². The van der Waals surface area contributed by atoms with Crippen molar-refractivity contribution in [2.45, 2.75) is 13.0 Å². The predicted molar refractivity (Wildman–Crippen MR) is 83.5 cm³/mol. The second-order valence-electron chi connectivity index (χ2n) is 4.97. The molecule has 0 saturated carbocycles. The van der Waals surface area contributed by atoms with Gasteiger partial charge >= 0.3 is 0 Å². The van der Waals surface area contributed by atoms with Gasteiger partial charge in [0.05, 0.1) is 0 Å². The first-order valence-electron chi connectivity index (χ1n) is 7.15. The van der Waals surface area contributed by atoms with Gasteiger partial charge < -0.3 is 5.32 Å². The van der Waals surface area contributed by atoms with E-state index in [1.165, 1.54) is 6.92 Å². The molecule has 0 bridgehead atoms. The number of nitrogens with two attached hydrogens (primary N) is 1. The third kappa shape index (κ3) is 4.71. The second kappa shape index (κ2) is 7.95. The Morgan fingerprint density at radius 3 is 1.86 bits per heavy atom. The number of amides is 2. The van der Waals surface area contributed by atoms with Crippen molar-refractivity contribution in [3.8, 4) is 0 Å². The lowest BCUT2D eigenvalue weighted by Gasteiger charge is -2.16. The Bertz CT molecular complexity index is 575. The highest BCUT2D eigenvalue weighted by Crippen LogP contribution is 2.17. The van der Waals surface area contributed by atoms with Gasteiger partial charge in [-0.1, -0.05) is 60.7 Å². The van der Waals surface area contributed by atoms with Gasteiger partial charge in [0.2, 0.25) is 5.91 Å². The van der Waals surface area contributed by atoms with E-state index in [9.17, 15) is 9.59 Å². The summed E-state index contributed by atoms with van der Waals surface area (Å²) >= 11 is 0. The van der Waals surface area contributed by atoms with Crippen LogP contribution < -0.4 is 16.2 Å². The summed E-state index contributed by atoms with van der Waals surface area (Å²) in [6.07, 6.45) is 0. The van der Waals surface area contributed by atoms with Crippen LogP contribution in [0.25, 0.3) is 0 Å². The van der Waals surface area contributed by atoms with E-state index < -0.39 is 0 Å². The first-order valence-corrected chi connectivity index (χ1v) is 7.15. The zero-order chi connectivity index (χ0) is 15.8. The van der Waals surface area contributed by atoms with Crippen molar-refractivity contribution < 1.29 is 14.9 Å². The fraction of sp³-hybridized carbons (Fsp3) is 0.176. The third-order valence-electron chi connectivity index (χ3n) is 3.23. The van der Waals surface area contributed by atoms with Gasteiger partial charge in [0.1, 0.15) is 6.04 Å². The van der Waals surface area contributed by atoms with Gasteiger partial charge in [-0.3, -0.25) is 20.4 Å². The molecule has 0 fully saturated rings. The Hall–Kier alpha value is -2.66. The highest BCUT2D eigenvalue weighted by molar-refractivity contribution is 5.81. The molecule has 5 nitrogen and oxygen atoms in total. The monoisotopic (exact) mass is 298 g/mol. The van der Waals surface area contributed by atoms with Gasteiger partial charge in [0, 0.05) is 18.1 Å². The Labute approximate surface area is 129 Å². The molecule has 2 aromatic rings. The summed E-state index contributed by atoms with van der Waals surface area (Å²) in [6.45, 7) is 1.56. The molecule has 22 heavy (non-hydrogen) atoms. The van der Waals surface area contributed by atoms with E-state index in [1.54, 1.807) is 0 Å². The Kier molecular flexibility index (Phi) is 5.68. The maximum absolute atomic E-state index is 11.8. The quantitative estimate of drug-likeness (QED) is 0.704. The number of hydrogen-bond acceptors (Lipinski definition) is 2. The zero-order valence-electron chi connectivity index (χ0n) is 12.5. The van der Waals surface area contributed by atoms with E-state index in [2.05, 4.69) is 10.9 Å².